The number of amides is 1. The number of hydrogen-bond donors (Lipinski definition) is 1. The predicted octanol–water partition coefficient (Wildman–Crippen LogP) is 2.09. The van der Waals surface area contributed by atoms with Crippen LogP contribution in [0.1, 0.15) is 31.2 Å². The van der Waals surface area contributed by atoms with Gasteiger partial charge < -0.3 is 10.2 Å². The van der Waals surface area contributed by atoms with E-state index in [1.165, 1.54) is 18.9 Å². The van der Waals surface area contributed by atoms with E-state index in [1.54, 1.807) is 18.2 Å². The van der Waals surface area contributed by atoms with Gasteiger partial charge in [0.15, 0.2) is 0 Å². The van der Waals surface area contributed by atoms with Crippen LogP contribution in [0.2, 0.25) is 0 Å². The fourth-order valence-electron chi connectivity index (χ4n) is 2.57. The summed E-state index contributed by atoms with van der Waals surface area (Å²) in [5.74, 6) is 0.0792. The normalized spacial score (nSPS) is 15.5. The second-order valence-corrected chi connectivity index (χ2v) is 5.28. The summed E-state index contributed by atoms with van der Waals surface area (Å²) in [5, 5.41) is 13.9. The molecule has 1 N–H and O–H groups in total. The smallest absolute Gasteiger partial charge is 0.273 e. The summed E-state index contributed by atoms with van der Waals surface area (Å²) in [6, 6.07) is 6.60. The van der Waals surface area contributed by atoms with Crippen molar-refractivity contribution in [1.82, 2.24) is 10.2 Å². The number of carbonyl (C=O) groups excluding carboxylic acids is 1. The van der Waals surface area contributed by atoms with Crippen molar-refractivity contribution in [2.24, 2.45) is 0 Å². The highest BCUT2D eigenvalue weighted by Crippen LogP contribution is 2.17. The van der Waals surface area contributed by atoms with Gasteiger partial charge in [-0.3, -0.25) is 14.9 Å². The van der Waals surface area contributed by atoms with E-state index in [1.807, 2.05) is 4.90 Å². The standard InChI is InChI=1S/C15H21N3O3/c19-15(17-9-5-1-2-6-10-17)12-16-11-13-7-3-4-8-14(13)18(20)21/h3-4,7-8,16H,1-2,5-6,9-12H2. The van der Waals surface area contributed by atoms with E-state index in [4.69, 9.17) is 0 Å². The highest BCUT2D eigenvalue weighted by Gasteiger charge is 2.16. The first-order valence-corrected chi connectivity index (χ1v) is 7.39. The van der Waals surface area contributed by atoms with Gasteiger partial charge in [0.05, 0.1) is 11.5 Å². The molecule has 0 aliphatic carbocycles. The monoisotopic (exact) mass is 291 g/mol. The van der Waals surface area contributed by atoms with E-state index in [0.29, 0.717) is 12.1 Å². The molecule has 0 radical (unpaired) electrons. The van der Waals surface area contributed by atoms with Gasteiger partial charge in [-0.15, -0.1) is 0 Å². The summed E-state index contributed by atoms with van der Waals surface area (Å²) in [4.78, 5) is 24.5. The van der Waals surface area contributed by atoms with Crippen LogP contribution in [0.4, 0.5) is 5.69 Å². The van der Waals surface area contributed by atoms with Crippen LogP contribution in [0.5, 0.6) is 0 Å². The molecule has 0 saturated carbocycles. The molecule has 6 nitrogen and oxygen atoms in total. The highest BCUT2D eigenvalue weighted by atomic mass is 16.6. The molecule has 1 aromatic carbocycles. The number of carbonyl (C=O) groups is 1. The van der Waals surface area contributed by atoms with Crippen molar-refractivity contribution in [3.63, 3.8) is 0 Å². The number of benzene rings is 1. The largest absolute Gasteiger partial charge is 0.342 e. The molecule has 114 valence electrons. The second-order valence-electron chi connectivity index (χ2n) is 5.28. The third-order valence-electron chi connectivity index (χ3n) is 3.74. The number of likely N-dealkylation sites (tertiary alicyclic amines) is 1. The Labute approximate surface area is 124 Å². The zero-order valence-corrected chi connectivity index (χ0v) is 12.1. The molecule has 0 spiro atoms. The predicted molar refractivity (Wildman–Crippen MR) is 79.9 cm³/mol. The molecule has 1 aliphatic heterocycles. The Morgan fingerprint density at radius 1 is 1.19 bits per heavy atom. The van der Waals surface area contributed by atoms with Crippen LogP contribution >= 0.6 is 0 Å². The van der Waals surface area contributed by atoms with Gasteiger partial charge in [-0.05, 0) is 12.8 Å². The first-order chi connectivity index (χ1) is 10.2. The van der Waals surface area contributed by atoms with Crippen LogP contribution < -0.4 is 5.32 Å². The van der Waals surface area contributed by atoms with Crippen molar-refractivity contribution in [2.75, 3.05) is 19.6 Å². The van der Waals surface area contributed by atoms with Crippen LogP contribution in [0.15, 0.2) is 24.3 Å². The average molecular weight is 291 g/mol. The zero-order chi connectivity index (χ0) is 15.1. The molecule has 21 heavy (non-hydrogen) atoms. The number of nitrogens with one attached hydrogen (secondary N) is 1. The van der Waals surface area contributed by atoms with Crippen LogP contribution in [-0.2, 0) is 11.3 Å². The van der Waals surface area contributed by atoms with Gasteiger partial charge in [0, 0.05) is 31.3 Å². The summed E-state index contributed by atoms with van der Waals surface area (Å²) in [6.45, 7) is 2.21. The fraction of sp³-hybridized carbons (Fsp3) is 0.533. The van der Waals surface area contributed by atoms with E-state index in [-0.39, 0.29) is 18.1 Å². The molecule has 1 aromatic rings. The molecule has 0 unspecified atom stereocenters. The van der Waals surface area contributed by atoms with Crippen molar-refractivity contribution in [3.8, 4) is 0 Å². The van der Waals surface area contributed by atoms with Crippen LogP contribution in [0.3, 0.4) is 0 Å². The second kappa shape index (κ2) is 7.73. The van der Waals surface area contributed by atoms with Gasteiger partial charge in [0.1, 0.15) is 0 Å². The third-order valence-corrected chi connectivity index (χ3v) is 3.74. The highest BCUT2D eigenvalue weighted by molar-refractivity contribution is 5.78. The van der Waals surface area contributed by atoms with Gasteiger partial charge >= 0.3 is 0 Å². The van der Waals surface area contributed by atoms with E-state index < -0.39 is 4.92 Å². The molecule has 0 bridgehead atoms. The topological polar surface area (TPSA) is 75.5 Å². The number of hydrogen-bond acceptors (Lipinski definition) is 4. The molecule has 1 heterocycles. The molecule has 6 heteroatoms. The van der Waals surface area contributed by atoms with Gasteiger partial charge in [0.2, 0.25) is 5.91 Å². The third kappa shape index (κ3) is 4.53. The Morgan fingerprint density at radius 2 is 1.86 bits per heavy atom. The SMILES string of the molecule is O=C(CNCc1ccccc1[N+](=O)[O-])N1CCCCCC1. The number of nitrogens with zero attached hydrogens (tertiary/aromatic N) is 2. The molecule has 0 atom stereocenters. The average Bonchev–Trinajstić information content (AvgIpc) is 2.76. The molecular weight excluding hydrogens is 270 g/mol. The number of rotatable bonds is 5. The minimum atomic E-state index is -0.395. The maximum absolute atomic E-state index is 12.1. The molecule has 1 fully saturated rings. The van der Waals surface area contributed by atoms with Gasteiger partial charge in [-0.25, -0.2) is 0 Å². The number of nitro benzene ring substituents is 1. The van der Waals surface area contributed by atoms with Crippen molar-refractivity contribution in [2.45, 2.75) is 32.2 Å². The summed E-state index contributed by atoms with van der Waals surface area (Å²) >= 11 is 0. The summed E-state index contributed by atoms with van der Waals surface area (Å²) in [5.41, 5.74) is 0.693. The quantitative estimate of drug-likeness (QED) is 0.665. The van der Waals surface area contributed by atoms with Crippen LogP contribution in [0, 0.1) is 10.1 Å². The van der Waals surface area contributed by atoms with Gasteiger partial charge in [-0.2, -0.15) is 0 Å². The van der Waals surface area contributed by atoms with Crippen molar-refractivity contribution in [3.05, 3.63) is 39.9 Å². The minimum absolute atomic E-state index is 0.0792. The molecule has 2 rings (SSSR count). The van der Waals surface area contributed by atoms with Crippen LogP contribution in [0.25, 0.3) is 0 Å². The zero-order valence-electron chi connectivity index (χ0n) is 12.1. The Bertz CT molecular complexity index is 497. The van der Waals surface area contributed by atoms with Crippen molar-refractivity contribution < 1.29 is 9.72 Å². The van der Waals surface area contributed by atoms with Gasteiger partial charge in [-0.1, -0.05) is 31.0 Å². The summed E-state index contributed by atoms with van der Waals surface area (Å²) in [7, 11) is 0. The summed E-state index contributed by atoms with van der Waals surface area (Å²) in [6.07, 6.45) is 4.51. The maximum atomic E-state index is 12.1. The number of nitro groups is 1. The molecule has 0 aromatic heterocycles. The first-order valence-electron chi connectivity index (χ1n) is 7.39. The van der Waals surface area contributed by atoms with E-state index in [2.05, 4.69) is 5.32 Å². The van der Waals surface area contributed by atoms with Gasteiger partial charge in [0.25, 0.3) is 5.69 Å². The Morgan fingerprint density at radius 3 is 2.52 bits per heavy atom. The lowest BCUT2D eigenvalue weighted by molar-refractivity contribution is -0.385. The first kappa shape index (κ1) is 15.4. The van der Waals surface area contributed by atoms with Crippen molar-refractivity contribution in [1.29, 1.82) is 0 Å². The Kier molecular flexibility index (Phi) is 5.68. The lowest BCUT2D eigenvalue weighted by Crippen LogP contribution is -2.38. The van der Waals surface area contributed by atoms with E-state index in [0.717, 1.165) is 25.9 Å². The maximum Gasteiger partial charge on any atom is 0.273 e. The Balaban J connectivity index is 1.83. The lowest BCUT2D eigenvalue weighted by Gasteiger charge is -2.20. The molecule has 1 amide bonds. The minimum Gasteiger partial charge on any atom is -0.342 e. The summed E-state index contributed by atoms with van der Waals surface area (Å²) < 4.78 is 0. The Hall–Kier alpha value is -1.95. The fourth-order valence-corrected chi connectivity index (χ4v) is 2.57. The van der Waals surface area contributed by atoms with Crippen molar-refractivity contribution >= 4 is 11.6 Å². The van der Waals surface area contributed by atoms with Crippen LogP contribution in [-0.4, -0.2) is 35.4 Å². The molecular formula is C15H21N3O3. The molecule has 1 saturated heterocycles. The lowest BCUT2D eigenvalue weighted by atomic mass is 10.2. The number of para-hydroxylation sites is 1. The van der Waals surface area contributed by atoms with E-state index >= 15 is 0 Å². The molecule has 1 aliphatic rings. The van der Waals surface area contributed by atoms with E-state index in [9.17, 15) is 14.9 Å².